The number of amides is 4. The molecule has 9 nitrogen and oxygen atoms in total. The van der Waals surface area contributed by atoms with Crippen molar-refractivity contribution >= 4 is 35.1 Å². The van der Waals surface area contributed by atoms with Crippen molar-refractivity contribution in [2.45, 2.75) is 32.0 Å². The number of hydrogen-bond donors (Lipinski definition) is 2. The number of fused-ring (bicyclic) bond motifs is 1. The van der Waals surface area contributed by atoms with Gasteiger partial charge in [0.25, 0.3) is 5.91 Å². The Morgan fingerprint density at radius 3 is 2.77 bits per heavy atom. The zero-order valence-electron chi connectivity index (χ0n) is 15.9. The number of aromatic nitrogens is 3. The summed E-state index contributed by atoms with van der Waals surface area (Å²) >= 11 is 6.12. The van der Waals surface area contributed by atoms with Crippen LogP contribution in [-0.4, -0.2) is 43.4 Å². The molecule has 1 saturated heterocycles. The van der Waals surface area contributed by atoms with Gasteiger partial charge in [-0.05, 0) is 30.2 Å². The summed E-state index contributed by atoms with van der Waals surface area (Å²) in [6, 6.07) is 11.3. The summed E-state index contributed by atoms with van der Waals surface area (Å²) in [5.74, 6) is 0.000523. The van der Waals surface area contributed by atoms with E-state index in [-0.39, 0.29) is 37.7 Å². The first-order valence-corrected chi connectivity index (χ1v) is 9.81. The molecule has 1 atom stereocenters. The zero-order valence-corrected chi connectivity index (χ0v) is 16.7. The molecule has 3 heterocycles. The minimum absolute atomic E-state index is 0.0903. The van der Waals surface area contributed by atoms with Crippen LogP contribution in [0, 0.1) is 0 Å². The molecule has 0 aliphatic carbocycles. The lowest BCUT2D eigenvalue weighted by atomic mass is 10.1. The van der Waals surface area contributed by atoms with E-state index < -0.39 is 12.1 Å². The van der Waals surface area contributed by atoms with E-state index in [4.69, 9.17) is 11.6 Å². The van der Waals surface area contributed by atoms with Gasteiger partial charge in [0.15, 0.2) is 11.5 Å². The van der Waals surface area contributed by atoms with Crippen molar-refractivity contribution in [1.82, 2.24) is 30.1 Å². The molecule has 0 spiro atoms. The molecule has 4 amide bonds. The third-order valence-electron chi connectivity index (χ3n) is 4.88. The van der Waals surface area contributed by atoms with Crippen LogP contribution in [0.3, 0.4) is 0 Å². The van der Waals surface area contributed by atoms with Gasteiger partial charge in [-0.2, -0.15) is 0 Å². The first-order valence-electron chi connectivity index (χ1n) is 9.43. The number of nitrogens with one attached hydrogen (secondary N) is 2. The number of carbonyl (C=O) groups is 3. The van der Waals surface area contributed by atoms with E-state index in [1.807, 2.05) is 24.4 Å². The summed E-state index contributed by atoms with van der Waals surface area (Å²) in [4.78, 5) is 38.1. The molecule has 0 bridgehead atoms. The highest BCUT2D eigenvalue weighted by Gasteiger charge is 2.38. The van der Waals surface area contributed by atoms with E-state index in [1.54, 1.807) is 28.7 Å². The molecular formula is C20H19ClN6O3. The Balaban J connectivity index is 1.29. The van der Waals surface area contributed by atoms with Crippen LogP contribution >= 0.6 is 11.6 Å². The van der Waals surface area contributed by atoms with Gasteiger partial charge in [0.05, 0.1) is 13.1 Å². The molecule has 0 saturated carbocycles. The van der Waals surface area contributed by atoms with Gasteiger partial charge in [-0.3, -0.25) is 18.9 Å². The molecule has 154 valence electrons. The summed E-state index contributed by atoms with van der Waals surface area (Å²) < 4.78 is 1.79. The molecule has 2 aromatic heterocycles. The molecule has 3 aromatic rings. The van der Waals surface area contributed by atoms with Gasteiger partial charge in [-0.15, -0.1) is 10.2 Å². The first-order chi connectivity index (χ1) is 14.5. The van der Waals surface area contributed by atoms with Crippen molar-refractivity contribution < 1.29 is 14.4 Å². The van der Waals surface area contributed by atoms with E-state index >= 15 is 0 Å². The number of nitrogens with zero attached hydrogens (tertiary/aromatic N) is 4. The highest BCUT2D eigenvalue weighted by molar-refractivity contribution is 6.31. The van der Waals surface area contributed by atoms with E-state index in [1.165, 1.54) is 0 Å². The standard InChI is InChI=1S/C20H19ClN6O3/c21-14-6-2-1-5-13(14)12-27-19(29)15(23-20(27)30)8-9-18(28)22-11-17-25-24-16-7-3-4-10-26(16)17/h1-7,10,15H,8-9,11-12H2,(H,22,28)(H,23,30)/t15-/m1/s1. The molecule has 10 heteroatoms. The second kappa shape index (κ2) is 8.50. The third-order valence-corrected chi connectivity index (χ3v) is 5.25. The predicted molar refractivity (Wildman–Crippen MR) is 108 cm³/mol. The fraction of sp³-hybridized carbons (Fsp3) is 0.250. The summed E-state index contributed by atoms with van der Waals surface area (Å²) in [7, 11) is 0. The Kier molecular flexibility index (Phi) is 5.62. The van der Waals surface area contributed by atoms with Crippen LogP contribution < -0.4 is 10.6 Å². The van der Waals surface area contributed by atoms with Crippen LogP contribution in [0.2, 0.25) is 5.02 Å². The average molecular weight is 427 g/mol. The van der Waals surface area contributed by atoms with E-state index in [2.05, 4.69) is 20.8 Å². The maximum atomic E-state index is 12.6. The highest BCUT2D eigenvalue weighted by Crippen LogP contribution is 2.20. The SMILES string of the molecule is O=C(CC[C@H]1NC(=O)N(Cc2ccccc2Cl)C1=O)NCc1nnc2ccccn12. The van der Waals surface area contributed by atoms with Gasteiger partial charge in [0, 0.05) is 17.6 Å². The van der Waals surface area contributed by atoms with Gasteiger partial charge >= 0.3 is 6.03 Å². The maximum absolute atomic E-state index is 12.6. The second-order valence-corrected chi connectivity index (χ2v) is 7.29. The van der Waals surface area contributed by atoms with E-state index in [0.29, 0.717) is 22.1 Å². The zero-order chi connectivity index (χ0) is 21.1. The quantitative estimate of drug-likeness (QED) is 0.561. The predicted octanol–water partition coefficient (Wildman–Crippen LogP) is 1.90. The number of halogens is 1. The normalized spacial score (nSPS) is 16.2. The number of urea groups is 1. The van der Waals surface area contributed by atoms with Gasteiger partial charge < -0.3 is 10.6 Å². The van der Waals surface area contributed by atoms with E-state index in [0.717, 1.165) is 4.90 Å². The largest absolute Gasteiger partial charge is 0.349 e. The highest BCUT2D eigenvalue weighted by atomic mass is 35.5. The molecule has 2 N–H and O–H groups in total. The van der Waals surface area contributed by atoms with Crippen molar-refractivity contribution in [2.24, 2.45) is 0 Å². The number of pyridine rings is 1. The third kappa shape index (κ3) is 4.11. The summed E-state index contributed by atoms with van der Waals surface area (Å²) in [5, 5.41) is 14.0. The Morgan fingerprint density at radius 2 is 1.93 bits per heavy atom. The summed E-state index contributed by atoms with van der Waals surface area (Å²) in [6.07, 6.45) is 2.11. The topological polar surface area (TPSA) is 109 Å². The molecule has 1 aliphatic rings. The molecule has 4 rings (SSSR count). The second-order valence-electron chi connectivity index (χ2n) is 6.88. The van der Waals surface area contributed by atoms with Gasteiger partial charge in [0.1, 0.15) is 6.04 Å². The summed E-state index contributed by atoms with van der Waals surface area (Å²) in [5.41, 5.74) is 1.38. The lowest BCUT2D eigenvalue weighted by molar-refractivity contribution is -0.128. The fourth-order valence-electron chi connectivity index (χ4n) is 3.27. The molecule has 1 aliphatic heterocycles. The van der Waals surface area contributed by atoms with Crippen LogP contribution in [-0.2, 0) is 22.7 Å². The Morgan fingerprint density at radius 1 is 1.13 bits per heavy atom. The smallest absolute Gasteiger partial charge is 0.325 e. The molecule has 30 heavy (non-hydrogen) atoms. The van der Waals surface area contributed by atoms with Crippen LogP contribution in [0.1, 0.15) is 24.2 Å². The number of hydrogen-bond acceptors (Lipinski definition) is 5. The van der Waals surface area contributed by atoms with Crippen LogP contribution in [0.15, 0.2) is 48.7 Å². The van der Waals surface area contributed by atoms with Crippen molar-refractivity contribution in [3.63, 3.8) is 0 Å². The lowest BCUT2D eigenvalue weighted by Crippen LogP contribution is -2.32. The van der Waals surface area contributed by atoms with Crippen LogP contribution in [0.25, 0.3) is 5.65 Å². The van der Waals surface area contributed by atoms with Crippen molar-refractivity contribution in [3.8, 4) is 0 Å². The first kappa shape index (κ1) is 19.8. The van der Waals surface area contributed by atoms with Crippen molar-refractivity contribution in [3.05, 3.63) is 65.1 Å². The van der Waals surface area contributed by atoms with Crippen molar-refractivity contribution in [2.75, 3.05) is 0 Å². The van der Waals surface area contributed by atoms with Gasteiger partial charge in [-0.1, -0.05) is 35.9 Å². The van der Waals surface area contributed by atoms with Gasteiger partial charge in [-0.25, -0.2) is 4.79 Å². The maximum Gasteiger partial charge on any atom is 0.325 e. The number of imide groups is 1. The van der Waals surface area contributed by atoms with Gasteiger partial charge in [0.2, 0.25) is 5.91 Å². The Bertz CT molecular complexity index is 1110. The van der Waals surface area contributed by atoms with Crippen molar-refractivity contribution in [1.29, 1.82) is 0 Å². The number of benzene rings is 1. The number of carbonyl (C=O) groups excluding carboxylic acids is 3. The lowest BCUT2D eigenvalue weighted by Gasteiger charge is -2.14. The molecule has 0 radical (unpaired) electrons. The Hall–Kier alpha value is -3.46. The average Bonchev–Trinajstić information content (AvgIpc) is 3.28. The minimum Gasteiger partial charge on any atom is -0.349 e. The number of rotatable bonds is 7. The molecular weight excluding hydrogens is 408 g/mol. The van der Waals surface area contributed by atoms with Crippen LogP contribution in [0.4, 0.5) is 4.79 Å². The molecule has 0 unspecified atom stereocenters. The fourth-order valence-corrected chi connectivity index (χ4v) is 3.47. The monoisotopic (exact) mass is 426 g/mol. The van der Waals surface area contributed by atoms with Crippen LogP contribution in [0.5, 0.6) is 0 Å². The molecule has 1 fully saturated rings. The molecule has 1 aromatic carbocycles. The Labute approximate surface area is 177 Å². The summed E-state index contributed by atoms with van der Waals surface area (Å²) in [6.45, 7) is 0.306. The minimum atomic E-state index is -0.736. The van der Waals surface area contributed by atoms with E-state index in [9.17, 15) is 14.4 Å².